The van der Waals surface area contributed by atoms with Gasteiger partial charge in [-0.2, -0.15) is 0 Å². The third kappa shape index (κ3) is 2.62. The molecule has 1 aliphatic heterocycles. The summed E-state index contributed by atoms with van der Waals surface area (Å²) in [5.74, 6) is 0.333. The number of hydrogen-bond donors (Lipinski definition) is 1. The molecule has 1 fully saturated rings. The van der Waals surface area contributed by atoms with Gasteiger partial charge in [-0.1, -0.05) is 18.5 Å². The number of rotatable bonds is 2. The molecule has 0 radical (unpaired) electrons. The zero-order chi connectivity index (χ0) is 13.3. The van der Waals surface area contributed by atoms with Crippen LogP contribution in [0.25, 0.3) is 0 Å². The van der Waals surface area contributed by atoms with Crippen LogP contribution in [0.2, 0.25) is 5.15 Å². The van der Waals surface area contributed by atoms with Crippen molar-refractivity contribution < 1.29 is 9.53 Å². The lowest BCUT2D eigenvalue weighted by Crippen LogP contribution is -2.32. The molecule has 1 aromatic rings. The van der Waals surface area contributed by atoms with Crippen LogP contribution in [-0.2, 0) is 9.53 Å². The number of aromatic nitrogens is 2. The van der Waals surface area contributed by atoms with E-state index in [0.29, 0.717) is 11.0 Å². The van der Waals surface area contributed by atoms with Crippen molar-refractivity contribution in [3.8, 4) is 0 Å². The van der Waals surface area contributed by atoms with Crippen molar-refractivity contribution in [2.45, 2.75) is 33.0 Å². The van der Waals surface area contributed by atoms with E-state index in [-0.39, 0.29) is 30.0 Å². The largest absolute Gasteiger partial charge is 0.374 e. The highest BCUT2D eigenvalue weighted by atomic mass is 35.5. The standard InChI is InChI=1S/C12H16ClN3O2/c1-6-7(2)18-8(3)11(6)12(17)16-10-4-9(13)14-5-15-10/h4-8,11H,1-3H3,(H,14,15,16,17). The van der Waals surface area contributed by atoms with E-state index < -0.39 is 0 Å². The number of anilines is 1. The van der Waals surface area contributed by atoms with Crippen LogP contribution in [0.15, 0.2) is 12.4 Å². The summed E-state index contributed by atoms with van der Waals surface area (Å²) < 4.78 is 5.65. The number of nitrogens with zero attached hydrogens (tertiary/aromatic N) is 2. The Hall–Kier alpha value is -1.20. The van der Waals surface area contributed by atoms with E-state index in [1.807, 2.05) is 20.8 Å². The van der Waals surface area contributed by atoms with Gasteiger partial charge in [0, 0.05) is 6.07 Å². The van der Waals surface area contributed by atoms with Crippen molar-refractivity contribution >= 4 is 23.3 Å². The Morgan fingerprint density at radius 3 is 2.61 bits per heavy atom. The second kappa shape index (κ2) is 5.20. The van der Waals surface area contributed by atoms with Crippen LogP contribution < -0.4 is 5.32 Å². The number of hydrogen-bond acceptors (Lipinski definition) is 4. The summed E-state index contributed by atoms with van der Waals surface area (Å²) in [4.78, 5) is 19.9. The van der Waals surface area contributed by atoms with Crippen LogP contribution in [0.3, 0.4) is 0 Å². The lowest BCUT2D eigenvalue weighted by Gasteiger charge is -2.17. The van der Waals surface area contributed by atoms with Gasteiger partial charge >= 0.3 is 0 Å². The molecule has 5 nitrogen and oxygen atoms in total. The van der Waals surface area contributed by atoms with Crippen molar-refractivity contribution in [1.29, 1.82) is 0 Å². The van der Waals surface area contributed by atoms with Gasteiger partial charge < -0.3 is 10.1 Å². The summed E-state index contributed by atoms with van der Waals surface area (Å²) >= 11 is 5.74. The summed E-state index contributed by atoms with van der Waals surface area (Å²) in [6.07, 6.45) is 1.32. The molecule has 4 unspecified atom stereocenters. The lowest BCUT2D eigenvalue weighted by atomic mass is 9.89. The first kappa shape index (κ1) is 13.2. The van der Waals surface area contributed by atoms with E-state index in [4.69, 9.17) is 16.3 Å². The molecule has 0 saturated carbocycles. The minimum absolute atomic E-state index is 0.0877. The van der Waals surface area contributed by atoms with E-state index in [2.05, 4.69) is 15.3 Å². The second-order valence-corrected chi connectivity index (χ2v) is 5.03. The van der Waals surface area contributed by atoms with Gasteiger partial charge in [0.2, 0.25) is 5.91 Å². The first-order chi connectivity index (χ1) is 8.49. The molecule has 0 bridgehead atoms. The van der Waals surface area contributed by atoms with Crippen molar-refractivity contribution in [3.05, 3.63) is 17.5 Å². The van der Waals surface area contributed by atoms with Gasteiger partial charge in [0.05, 0.1) is 18.1 Å². The summed E-state index contributed by atoms with van der Waals surface area (Å²) in [6, 6.07) is 1.52. The monoisotopic (exact) mass is 269 g/mol. The minimum atomic E-state index is -0.172. The molecule has 1 aliphatic rings. The molecule has 1 saturated heterocycles. The van der Waals surface area contributed by atoms with Gasteiger partial charge in [-0.15, -0.1) is 0 Å². The van der Waals surface area contributed by atoms with Gasteiger partial charge in [0.1, 0.15) is 17.3 Å². The molecule has 1 aromatic heterocycles. The summed E-state index contributed by atoms with van der Waals surface area (Å²) in [6.45, 7) is 5.92. The first-order valence-corrected chi connectivity index (χ1v) is 6.30. The highest BCUT2D eigenvalue weighted by molar-refractivity contribution is 6.29. The van der Waals surface area contributed by atoms with E-state index in [0.717, 1.165) is 0 Å². The maximum absolute atomic E-state index is 12.2. The van der Waals surface area contributed by atoms with Crippen molar-refractivity contribution in [2.75, 3.05) is 5.32 Å². The molecular weight excluding hydrogens is 254 g/mol. The van der Waals surface area contributed by atoms with Crippen LogP contribution in [0.5, 0.6) is 0 Å². The number of halogens is 1. The van der Waals surface area contributed by atoms with Gasteiger partial charge in [0.15, 0.2) is 0 Å². The van der Waals surface area contributed by atoms with Crippen LogP contribution >= 0.6 is 11.6 Å². The molecule has 1 amide bonds. The predicted octanol–water partition coefficient (Wildman–Crippen LogP) is 2.13. The van der Waals surface area contributed by atoms with Gasteiger partial charge in [-0.3, -0.25) is 4.79 Å². The molecule has 2 heterocycles. The highest BCUT2D eigenvalue weighted by Crippen LogP contribution is 2.32. The van der Waals surface area contributed by atoms with Crippen LogP contribution in [-0.4, -0.2) is 28.1 Å². The molecule has 18 heavy (non-hydrogen) atoms. The summed E-state index contributed by atoms with van der Waals surface area (Å²) in [5.41, 5.74) is 0. The van der Waals surface area contributed by atoms with E-state index in [9.17, 15) is 4.79 Å². The number of carbonyl (C=O) groups is 1. The summed E-state index contributed by atoms with van der Waals surface area (Å²) in [5, 5.41) is 3.05. The van der Waals surface area contributed by atoms with Crippen LogP contribution in [0, 0.1) is 11.8 Å². The highest BCUT2D eigenvalue weighted by Gasteiger charge is 2.41. The van der Waals surface area contributed by atoms with E-state index in [1.165, 1.54) is 12.4 Å². The van der Waals surface area contributed by atoms with Crippen LogP contribution in [0.4, 0.5) is 5.82 Å². The molecule has 0 aromatic carbocycles. The molecule has 6 heteroatoms. The zero-order valence-electron chi connectivity index (χ0n) is 10.6. The first-order valence-electron chi connectivity index (χ1n) is 5.93. The fraction of sp³-hybridized carbons (Fsp3) is 0.583. The molecule has 2 rings (SSSR count). The molecule has 4 atom stereocenters. The fourth-order valence-electron chi connectivity index (χ4n) is 2.33. The molecule has 0 aliphatic carbocycles. The SMILES string of the molecule is CC1OC(C)C(C(=O)Nc2cc(Cl)ncn2)C1C. The Balaban J connectivity index is 2.08. The quantitative estimate of drug-likeness (QED) is 0.836. The van der Waals surface area contributed by atoms with Crippen LogP contribution in [0.1, 0.15) is 20.8 Å². The Morgan fingerprint density at radius 1 is 1.33 bits per heavy atom. The van der Waals surface area contributed by atoms with Crippen molar-refractivity contribution in [1.82, 2.24) is 9.97 Å². The number of carbonyl (C=O) groups excluding carboxylic acids is 1. The number of ether oxygens (including phenoxy) is 1. The maximum atomic E-state index is 12.2. The second-order valence-electron chi connectivity index (χ2n) is 4.65. The third-order valence-corrected chi connectivity index (χ3v) is 3.64. The Morgan fingerprint density at radius 2 is 2.06 bits per heavy atom. The lowest BCUT2D eigenvalue weighted by molar-refractivity contribution is -0.122. The van der Waals surface area contributed by atoms with Crippen molar-refractivity contribution in [3.63, 3.8) is 0 Å². The molecule has 0 spiro atoms. The Bertz CT molecular complexity index is 455. The molecule has 1 N–H and O–H groups in total. The average Bonchev–Trinajstić information content (AvgIpc) is 2.53. The van der Waals surface area contributed by atoms with Gasteiger partial charge in [0.25, 0.3) is 0 Å². The molecule has 98 valence electrons. The fourth-order valence-corrected chi connectivity index (χ4v) is 2.48. The number of nitrogens with one attached hydrogen (secondary N) is 1. The number of amides is 1. The van der Waals surface area contributed by atoms with Gasteiger partial charge in [-0.05, 0) is 19.8 Å². The smallest absolute Gasteiger partial charge is 0.231 e. The maximum Gasteiger partial charge on any atom is 0.231 e. The van der Waals surface area contributed by atoms with Gasteiger partial charge in [-0.25, -0.2) is 9.97 Å². The molecular formula is C12H16ClN3O2. The minimum Gasteiger partial charge on any atom is -0.374 e. The zero-order valence-corrected chi connectivity index (χ0v) is 11.3. The third-order valence-electron chi connectivity index (χ3n) is 3.43. The Kier molecular flexibility index (Phi) is 3.82. The normalized spacial score (nSPS) is 31.3. The van der Waals surface area contributed by atoms with E-state index in [1.54, 1.807) is 0 Å². The summed E-state index contributed by atoms with van der Waals surface area (Å²) in [7, 11) is 0. The predicted molar refractivity (Wildman–Crippen MR) is 68.3 cm³/mol. The van der Waals surface area contributed by atoms with E-state index >= 15 is 0 Å². The Labute approximate surface area is 111 Å². The average molecular weight is 270 g/mol. The topological polar surface area (TPSA) is 64.1 Å². The van der Waals surface area contributed by atoms with Crippen molar-refractivity contribution in [2.24, 2.45) is 11.8 Å².